The fourth-order valence-corrected chi connectivity index (χ4v) is 3.31. The van der Waals surface area contributed by atoms with E-state index in [0.29, 0.717) is 6.54 Å². The highest BCUT2D eigenvalue weighted by molar-refractivity contribution is 5.74. The minimum Gasteiger partial charge on any atom is -0.485 e. The average molecular weight is 383 g/mol. The lowest BCUT2D eigenvalue weighted by atomic mass is 10.0. The lowest BCUT2D eigenvalue weighted by Crippen LogP contribution is -2.48. The number of esters is 1. The van der Waals surface area contributed by atoms with Crippen LogP contribution in [0.1, 0.15) is 38.8 Å². The zero-order chi connectivity index (χ0) is 20.3. The molecule has 0 aromatic heterocycles. The van der Waals surface area contributed by atoms with Crippen molar-refractivity contribution in [3.63, 3.8) is 0 Å². The van der Waals surface area contributed by atoms with Crippen LogP contribution >= 0.6 is 0 Å². The van der Waals surface area contributed by atoms with E-state index in [2.05, 4.69) is 17.0 Å². The maximum atomic E-state index is 12.2. The molecule has 150 valence electrons. The van der Waals surface area contributed by atoms with Crippen LogP contribution in [-0.4, -0.2) is 30.3 Å². The van der Waals surface area contributed by atoms with Gasteiger partial charge in [0.2, 0.25) is 0 Å². The predicted octanol–water partition coefficient (Wildman–Crippen LogP) is 3.69. The van der Waals surface area contributed by atoms with E-state index in [1.807, 2.05) is 64.1 Å². The molecular formula is C23H30N2O3. The molecule has 0 radical (unpaired) electrons. The number of carbonyl (C=O) groups excluding carboxylic acids is 1. The van der Waals surface area contributed by atoms with E-state index in [-0.39, 0.29) is 24.5 Å². The van der Waals surface area contributed by atoms with Crippen LogP contribution in [0.5, 0.6) is 5.75 Å². The molecule has 0 spiro atoms. The number of hydrogen-bond donors (Lipinski definition) is 1. The first-order chi connectivity index (χ1) is 13.2. The highest BCUT2D eigenvalue weighted by Gasteiger charge is 2.29. The molecule has 0 aliphatic carbocycles. The van der Waals surface area contributed by atoms with Gasteiger partial charge in [0.05, 0.1) is 18.7 Å². The minimum atomic E-state index is -0.488. The molecular weight excluding hydrogens is 352 g/mol. The number of anilines is 1. The third-order valence-electron chi connectivity index (χ3n) is 4.61. The van der Waals surface area contributed by atoms with Crippen LogP contribution in [0, 0.1) is 0 Å². The zero-order valence-electron chi connectivity index (χ0n) is 17.1. The second-order valence-corrected chi connectivity index (χ2v) is 8.45. The summed E-state index contributed by atoms with van der Waals surface area (Å²) in [5.74, 6) is 0.574. The summed E-state index contributed by atoms with van der Waals surface area (Å²) in [6, 6.07) is 16.1. The predicted molar refractivity (Wildman–Crippen MR) is 112 cm³/mol. The number of fused-ring (bicyclic) bond motifs is 1. The topological polar surface area (TPSA) is 64.8 Å². The number of ether oxygens (including phenoxy) is 2. The van der Waals surface area contributed by atoms with Crippen molar-refractivity contribution in [2.24, 2.45) is 5.73 Å². The Labute approximate surface area is 167 Å². The molecule has 0 amide bonds. The van der Waals surface area contributed by atoms with E-state index in [4.69, 9.17) is 15.2 Å². The Balaban J connectivity index is 1.85. The first-order valence-electron chi connectivity index (χ1n) is 9.77. The lowest BCUT2D eigenvalue weighted by Gasteiger charge is -2.38. The minimum absolute atomic E-state index is 0.0760. The standard InChI is InChI=1S/C23H30N2O3/c1-16(24)21-15-25(14-17-8-6-5-7-9-17)19-12-18(10-11-20(19)27-21)13-22(26)28-23(2,3)4/h5-12,16,21H,13-15,24H2,1-4H3/t16-,21+/m0/s1. The summed E-state index contributed by atoms with van der Waals surface area (Å²) < 4.78 is 11.6. The Bertz CT molecular complexity index is 812. The molecule has 0 saturated carbocycles. The van der Waals surface area contributed by atoms with E-state index in [1.165, 1.54) is 5.56 Å². The van der Waals surface area contributed by atoms with Crippen LogP contribution < -0.4 is 15.4 Å². The van der Waals surface area contributed by atoms with Gasteiger partial charge in [0, 0.05) is 12.6 Å². The molecule has 1 aliphatic rings. The second-order valence-electron chi connectivity index (χ2n) is 8.45. The van der Waals surface area contributed by atoms with Crippen molar-refractivity contribution in [1.82, 2.24) is 0 Å². The Morgan fingerprint density at radius 1 is 1.21 bits per heavy atom. The zero-order valence-corrected chi connectivity index (χ0v) is 17.1. The van der Waals surface area contributed by atoms with Gasteiger partial charge in [-0.25, -0.2) is 0 Å². The summed E-state index contributed by atoms with van der Waals surface area (Å²) in [5.41, 5.74) is 8.75. The van der Waals surface area contributed by atoms with Crippen molar-refractivity contribution in [3.8, 4) is 5.75 Å². The molecule has 2 N–H and O–H groups in total. The van der Waals surface area contributed by atoms with E-state index in [0.717, 1.165) is 23.5 Å². The van der Waals surface area contributed by atoms with E-state index in [9.17, 15) is 4.79 Å². The molecule has 5 heteroatoms. The summed E-state index contributed by atoms with van der Waals surface area (Å²) in [5, 5.41) is 0. The molecule has 1 aliphatic heterocycles. The fraction of sp³-hybridized carbons (Fsp3) is 0.435. The van der Waals surface area contributed by atoms with Crippen molar-refractivity contribution in [2.45, 2.75) is 58.4 Å². The lowest BCUT2D eigenvalue weighted by molar-refractivity contribution is -0.153. The maximum Gasteiger partial charge on any atom is 0.310 e. The Morgan fingerprint density at radius 2 is 1.93 bits per heavy atom. The molecule has 2 atom stereocenters. The van der Waals surface area contributed by atoms with Gasteiger partial charge in [0.25, 0.3) is 0 Å². The van der Waals surface area contributed by atoms with E-state index in [1.54, 1.807) is 0 Å². The maximum absolute atomic E-state index is 12.2. The number of nitrogens with two attached hydrogens (primary N) is 1. The first-order valence-corrected chi connectivity index (χ1v) is 9.77. The largest absolute Gasteiger partial charge is 0.485 e. The Hall–Kier alpha value is -2.53. The van der Waals surface area contributed by atoms with Gasteiger partial charge in [-0.05, 0) is 51.0 Å². The third-order valence-corrected chi connectivity index (χ3v) is 4.61. The van der Waals surface area contributed by atoms with Gasteiger partial charge in [0.1, 0.15) is 17.5 Å². The average Bonchev–Trinajstić information content (AvgIpc) is 2.61. The molecule has 1 heterocycles. The van der Waals surface area contributed by atoms with Gasteiger partial charge in [-0.1, -0.05) is 36.4 Å². The van der Waals surface area contributed by atoms with Crippen LogP contribution in [0.15, 0.2) is 48.5 Å². The van der Waals surface area contributed by atoms with Crippen molar-refractivity contribution >= 4 is 11.7 Å². The SMILES string of the molecule is C[C@H](N)[C@H]1CN(Cc2ccccc2)c2cc(CC(=O)OC(C)(C)C)ccc2O1. The quantitative estimate of drug-likeness (QED) is 0.799. The fourth-order valence-electron chi connectivity index (χ4n) is 3.31. The highest BCUT2D eigenvalue weighted by Crippen LogP contribution is 2.36. The molecule has 0 unspecified atom stereocenters. The Kier molecular flexibility index (Phi) is 5.94. The summed E-state index contributed by atoms with van der Waals surface area (Å²) in [6.07, 6.45) is 0.161. The van der Waals surface area contributed by atoms with Crippen LogP contribution in [0.3, 0.4) is 0 Å². The van der Waals surface area contributed by atoms with Gasteiger partial charge in [-0.3, -0.25) is 4.79 Å². The number of nitrogens with zero attached hydrogens (tertiary/aromatic N) is 1. The molecule has 2 aromatic rings. The highest BCUT2D eigenvalue weighted by atomic mass is 16.6. The van der Waals surface area contributed by atoms with Gasteiger partial charge in [-0.2, -0.15) is 0 Å². The van der Waals surface area contributed by atoms with Crippen LogP contribution in [0.2, 0.25) is 0 Å². The van der Waals surface area contributed by atoms with Crippen LogP contribution in [0.4, 0.5) is 5.69 Å². The van der Waals surface area contributed by atoms with Crippen molar-refractivity contribution < 1.29 is 14.3 Å². The van der Waals surface area contributed by atoms with Crippen molar-refractivity contribution in [1.29, 1.82) is 0 Å². The summed E-state index contributed by atoms with van der Waals surface area (Å²) in [6.45, 7) is 9.06. The number of rotatable bonds is 5. The molecule has 0 fully saturated rings. The smallest absolute Gasteiger partial charge is 0.310 e. The number of hydrogen-bond acceptors (Lipinski definition) is 5. The molecule has 3 rings (SSSR count). The monoisotopic (exact) mass is 382 g/mol. The Morgan fingerprint density at radius 3 is 2.57 bits per heavy atom. The first kappa shape index (κ1) is 20.2. The molecule has 5 nitrogen and oxygen atoms in total. The third kappa shape index (κ3) is 5.26. The summed E-state index contributed by atoms with van der Waals surface area (Å²) in [7, 11) is 0. The molecule has 2 aromatic carbocycles. The summed E-state index contributed by atoms with van der Waals surface area (Å²) in [4.78, 5) is 14.5. The van der Waals surface area contributed by atoms with Crippen LogP contribution in [0.25, 0.3) is 0 Å². The van der Waals surface area contributed by atoms with E-state index >= 15 is 0 Å². The molecule has 0 saturated heterocycles. The molecule has 28 heavy (non-hydrogen) atoms. The van der Waals surface area contributed by atoms with Gasteiger partial charge in [0.15, 0.2) is 0 Å². The van der Waals surface area contributed by atoms with Gasteiger partial charge >= 0.3 is 5.97 Å². The number of carbonyl (C=O) groups is 1. The van der Waals surface area contributed by atoms with E-state index < -0.39 is 5.60 Å². The number of benzene rings is 2. The van der Waals surface area contributed by atoms with Crippen molar-refractivity contribution in [3.05, 3.63) is 59.7 Å². The van der Waals surface area contributed by atoms with Crippen LogP contribution in [-0.2, 0) is 22.5 Å². The second kappa shape index (κ2) is 8.23. The van der Waals surface area contributed by atoms with Gasteiger partial charge < -0.3 is 20.1 Å². The van der Waals surface area contributed by atoms with Gasteiger partial charge in [-0.15, -0.1) is 0 Å². The van der Waals surface area contributed by atoms with Crippen molar-refractivity contribution in [2.75, 3.05) is 11.4 Å². The molecule has 0 bridgehead atoms. The normalized spacial score (nSPS) is 17.5. The summed E-state index contributed by atoms with van der Waals surface area (Å²) >= 11 is 0.